The van der Waals surface area contributed by atoms with E-state index in [0.717, 1.165) is 0 Å². The largest absolute Gasteiger partial charge is 0.467 e. The minimum atomic E-state index is -3.88. The molecule has 0 aliphatic rings. The number of hydrogen-bond acceptors (Lipinski definition) is 6. The smallest absolute Gasteiger partial charge is 0.408 e. The molecule has 2 aromatic carbocycles. The van der Waals surface area contributed by atoms with E-state index < -0.39 is 33.7 Å². The number of nitrogens with one attached hydrogen (secondary N) is 2. The lowest BCUT2D eigenvalue weighted by molar-refractivity contribution is -0.143. The zero-order chi connectivity index (χ0) is 23.2. The molecular formula is C21H25ClN2O6S. The molecule has 1 amide bonds. The summed E-state index contributed by atoms with van der Waals surface area (Å²) in [6.45, 7) is 5.09. The van der Waals surface area contributed by atoms with Gasteiger partial charge in [-0.1, -0.05) is 23.7 Å². The number of benzene rings is 2. The van der Waals surface area contributed by atoms with Crippen LogP contribution < -0.4 is 10.0 Å². The number of alkyl carbamates (subject to hydrolysis) is 1. The highest BCUT2D eigenvalue weighted by atomic mass is 35.5. The Hall–Kier alpha value is -2.78. The van der Waals surface area contributed by atoms with Crippen LogP contribution in [-0.4, -0.2) is 39.2 Å². The molecule has 168 valence electrons. The summed E-state index contributed by atoms with van der Waals surface area (Å²) in [4.78, 5) is 24.2. The van der Waals surface area contributed by atoms with E-state index >= 15 is 0 Å². The van der Waals surface area contributed by atoms with Crippen molar-refractivity contribution in [3.8, 4) is 0 Å². The van der Waals surface area contributed by atoms with Crippen LogP contribution in [0.5, 0.6) is 0 Å². The van der Waals surface area contributed by atoms with E-state index in [1.807, 2.05) is 0 Å². The average Bonchev–Trinajstić information content (AvgIpc) is 2.67. The first-order valence-corrected chi connectivity index (χ1v) is 11.2. The van der Waals surface area contributed by atoms with Gasteiger partial charge in [0.2, 0.25) is 0 Å². The maximum atomic E-state index is 12.7. The van der Waals surface area contributed by atoms with E-state index in [1.54, 1.807) is 57.2 Å². The van der Waals surface area contributed by atoms with Gasteiger partial charge in [0.25, 0.3) is 10.0 Å². The number of esters is 1. The van der Waals surface area contributed by atoms with Gasteiger partial charge in [-0.15, -0.1) is 0 Å². The number of methoxy groups -OCH3 is 1. The highest BCUT2D eigenvalue weighted by Gasteiger charge is 2.26. The van der Waals surface area contributed by atoms with Gasteiger partial charge in [0.05, 0.1) is 12.0 Å². The molecule has 8 nitrogen and oxygen atoms in total. The Morgan fingerprint density at radius 3 is 2.32 bits per heavy atom. The second-order valence-electron chi connectivity index (χ2n) is 7.69. The summed E-state index contributed by atoms with van der Waals surface area (Å²) in [5.41, 5.74) is 0.116. The fraction of sp³-hybridized carbons (Fsp3) is 0.333. The van der Waals surface area contributed by atoms with Crippen molar-refractivity contribution in [1.82, 2.24) is 5.32 Å². The molecule has 2 aromatic rings. The summed E-state index contributed by atoms with van der Waals surface area (Å²) >= 11 is 5.82. The van der Waals surface area contributed by atoms with E-state index in [0.29, 0.717) is 16.3 Å². The summed E-state index contributed by atoms with van der Waals surface area (Å²) in [7, 11) is -2.68. The first kappa shape index (κ1) is 24.5. The van der Waals surface area contributed by atoms with Crippen molar-refractivity contribution in [3.63, 3.8) is 0 Å². The molecule has 1 atom stereocenters. The van der Waals surface area contributed by atoms with E-state index in [-0.39, 0.29) is 11.3 Å². The van der Waals surface area contributed by atoms with Gasteiger partial charge in [-0.2, -0.15) is 0 Å². The van der Waals surface area contributed by atoms with E-state index in [9.17, 15) is 18.0 Å². The van der Waals surface area contributed by atoms with Crippen molar-refractivity contribution < 1.29 is 27.5 Å². The van der Waals surface area contributed by atoms with Crippen LogP contribution in [-0.2, 0) is 30.7 Å². The molecule has 0 aliphatic carbocycles. The topological polar surface area (TPSA) is 111 Å². The first-order chi connectivity index (χ1) is 14.4. The van der Waals surface area contributed by atoms with Gasteiger partial charge in [0, 0.05) is 17.1 Å². The summed E-state index contributed by atoms with van der Waals surface area (Å²) in [6.07, 6.45) is -0.771. The van der Waals surface area contributed by atoms with Crippen LogP contribution >= 0.6 is 11.6 Å². The van der Waals surface area contributed by atoms with E-state index in [1.165, 1.54) is 19.2 Å². The fourth-order valence-electron chi connectivity index (χ4n) is 2.59. The minimum Gasteiger partial charge on any atom is -0.467 e. The number of halogens is 1. The zero-order valence-electron chi connectivity index (χ0n) is 17.6. The fourth-order valence-corrected chi connectivity index (χ4v) is 3.85. The highest BCUT2D eigenvalue weighted by Crippen LogP contribution is 2.20. The molecule has 0 bridgehead atoms. The Bertz CT molecular complexity index is 1030. The summed E-state index contributed by atoms with van der Waals surface area (Å²) in [5.74, 6) is -0.682. The van der Waals surface area contributed by atoms with Gasteiger partial charge in [0.1, 0.15) is 11.6 Å². The van der Waals surface area contributed by atoms with Crippen molar-refractivity contribution in [2.24, 2.45) is 0 Å². The Morgan fingerprint density at radius 1 is 1.10 bits per heavy atom. The number of anilines is 1. The SMILES string of the molecule is COC(=O)[C@H](Cc1cccc(S(=O)(=O)Nc2ccc(Cl)cc2)c1)NC(=O)OC(C)(C)C. The summed E-state index contributed by atoms with van der Waals surface area (Å²) in [6, 6.07) is 11.2. The molecule has 2 rings (SSSR count). The lowest BCUT2D eigenvalue weighted by atomic mass is 10.1. The van der Waals surface area contributed by atoms with E-state index in [4.69, 9.17) is 21.1 Å². The van der Waals surface area contributed by atoms with Crippen molar-refractivity contribution in [3.05, 3.63) is 59.1 Å². The molecule has 0 saturated heterocycles. The third-order valence-electron chi connectivity index (χ3n) is 3.92. The van der Waals surface area contributed by atoms with Gasteiger partial charge in [-0.25, -0.2) is 18.0 Å². The number of sulfonamides is 1. The van der Waals surface area contributed by atoms with Crippen molar-refractivity contribution >= 4 is 39.4 Å². The van der Waals surface area contributed by atoms with Crippen molar-refractivity contribution in [2.45, 2.75) is 43.7 Å². The Balaban J connectivity index is 2.20. The van der Waals surface area contributed by atoms with Crippen molar-refractivity contribution in [2.75, 3.05) is 11.8 Å². The number of rotatable bonds is 7. The standard InChI is InChI=1S/C21H25ClN2O6S/c1-21(2,3)30-20(26)23-18(19(25)29-4)13-14-6-5-7-17(12-14)31(27,28)24-16-10-8-15(22)9-11-16/h5-12,18,24H,13H2,1-4H3,(H,23,26)/t18-/m0/s1. The van der Waals surface area contributed by atoms with Crippen LogP contribution in [0.2, 0.25) is 5.02 Å². The van der Waals surface area contributed by atoms with Crippen LogP contribution in [0.25, 0.3) is 0 Å². The van der Waals surface area contributed by atoms with Gasteiger partial charge >= 0.3 is 12.1 Å². The Morgan fingerprint density at radius 2 is 1.74 bits per heavy atom. The molecule has 0 heterocycles. The van der Waals surface area contributed by atoms with Gasteiger partial charge in [0.15, 0.2) is 0 Å². The number of carbonyl (C=O) groups is 2. The molecule has 0 spiro atoms. The van der Waals surface area contributed by atoms with Crippen molar-refractivity contribution in [1.29, 1.82) is 0 Å². The molecule has 0 unspecified atom stereocenters. The molecular weight excluding hydrogens is 444 g/mol. The minimum absolute atomic E-state index is 0.000772. The van der Waals surface area contributed by atoms with Crippen LogP contribution in [0.4, 0.5) is 10.5 Å². The van der Waals surface area contributed by atoms with E-state index in [2.05, 4.69) is 10.0 Å². The molecule has 0 fully saturated rings. The number of hydrogen-bond donors (Lipinski definition) is 2. The highest BCUT2D eigenvalue weighted by molar-refractivity contribution is 7.92. The predicted octanol–water partition coefficient (Wildman–Crippen LogP) is 3.75. The molecule has 0 aliphatic heterocycles. The van der Waals surface area contributed by atoms with Crippen LogP contribution in [0.15, 0.2) is 53.4 Å². The molecule has 31 heavy (non-hydrogen) atoms. The second-order valence-corrected chi connectivity index (χ2v) is 9.80. The second kappa shape index (κ2) is 10.0. The Labute approximate surface area is 186 Å². The molecule has 2 N–H and O–H groups in total. The van der Waals surface area contributed by atoms with Crippen LogP contribution in [0.3, 0.4) is 0 Å². The molecule has 0 radical (unpaired) electrons. The normalized spacial score (nSPS) is 12.5. The predicted molar refractivity (Wildman–Crippen MR) is 118 cm³/mol. The van der Waals surface area contributed by atoms with Gasteiger partial charge < -0.3 is 14.8 Å². The van der Waals surface area contributed by atoms with Crippen LogP contribution in [0, 0.1) is 0 Å². The zero-order valence-corrected chi connectivity index (χ0v) is 19.2. The summed E-state index contributed by atoms with van der Waals surface area (Å²) < 4.78 is 37.8. The Kier molecular flexibility index (Phi) is 7.91. The van der Waals surface area contributed by atoms with Gasteiger partial charge in [-0.05, 0) is 62.7 Å². The third-order valence-corrected chi connectivity index (χ3v) is 5.55. The molecule has 0 aromatic heterocycles. The quantitative estimate of drug-likeness (QED) is 0.599. The number of carbonyl (C=O) groups excluding carboxylic acids is 2. The number of ether oxygens (including phenoxy) is 2. The van der Waals surface area contributed by atoms with Crippen LogP contribution in [0.1, 0.15) is 26.3 Å². The third kappa shape index (κ3) is 7.76. The summed E-state index contributed by atoms with van der Waals surface area (Å²) in [5, 5.41) is 2.95. The van der Waals surface area contributed by atoms with Gasteiger partial charge in [-0.3, -0.25) is 4.72 Å². The lowest BCUT2D eigenvalue weighted by Crippen LogP contribution is -2.45. The molecule has 0 saturated carbocycles. The monoisotopic (exact) mass is 468 g/mol. The first-order valence-electron chi connectivity index (χ1n) is 9.34. The maximum absolute atomic E-state index is 12.7. The number of amides is 1. The lowest BCUT2D eigenvalue weighted by Gasteiger charge is -2.22. The molecule has 10 heteroatoms. The maximum Gasteiger partial charge on any atom is 0.408 e. The average molecular weight is 469 g/mol.